The van der Waals surface area contributed by atoms with Crippen molar-refractivity contribution in [2.45, 2.75) is 13.3 Å². The maximum atomic E-state index is 12.0. The molecule has 0 atom stereocenters. The molecule has 3 aromatic rings. The minimum absolute atomic E-state index is 0.123. The lowest BCUT2D eigenvalue weighted by Gasteiger charge is -2.08. The Morgan fingerprint density at radius 3 is 2.71 bits per heavy atom. The molecular weight excluding hydrogens is 304 g/mol. The monoisotopic (exact) mass is 322 g/mol. The molecule has 0 aliphatic carbocycles. The van der Waals surface area contributed by atoms with Crippen molar-refractivity contribution in [2.75, 3.05) is 11.9 Å². The Kier molecular flexibility index (Phi) is 4.61. The molecule has 0 unspecified atom stereocenters. The van der Waals surface area contributed by atoms with Gasteiger partial charge in [-0.3, -0.25) is 9.59 Å². The normalized spacial score (nSPS) is 10.5. The van der Waals surface area contributed by atoms with Crippen molar-refractivity contribution in [3.8, 4) is 5.75 Å². The van der Waals surface area contributed by atoms with E-state index in [1.54, 1.807) is 13.0 Å². The Balaban J connectivity index is 1.61. The van der Waals surface area contributed by atoms with Crippen molar-refractivity contribution in [1.82, 2.24) is 4.98 Å². The number of aryl methyl sites for hydroxylation is 1. The van der Waals surface area contributed by atoms with Gasteiger partial charge >= 0.3 is 0 Å². The lowest BCUT2D eigenvalue weighted by atomic mass is 10.1. The number of carbonyl (C=O) groups excluding carboxylic acids is 1. The average Bonchev–Trinajstić information content (AvgIpc) is 2.57. The molecule has 24 heavy (non-hydrogen) atoms. The first-order valence-corrected chi connectivity index (χ1v) is 7.73. The standard InChI is InChI=1S/C19H18N2O3/c1-13-11-14-7-8-15(12-17(14)21-19(13)23)20-18(22)9-10-24-16-5-3-2-4-6-16/h2-8,11-12H,9-10H2,1H3,(H,20,22)(H,21,23). The van der Waals surface area contributed by atoms with E-state index in [4.69, 9.17) is 4.74 Å². The van der Waals surface area contributed by atoms with Crippen LogP contribution in [0.3, 0.4) is 0 Å². The third-order valence-electron chi connectivity index (χ3n) is 3.66. The van der Waals surface area contributed by atoms with Crippen LogP contribution in [0, 0.1) is 6.92 Å². The largest absolute Gasteiger partial charge is 0.493 e. The highest BCUT2D eigenvalue weighted by molar-refractivity contribution is 5.93. The molecule has 1 aromatic heterocycles. The van der Waals surface area contributed by atoms with Gasteiger partial charge < -0.3 is 15.0 Å². The van der Waals surface area contributed by atoms with Gasteiger partial charge in [-0.15, -0.1) is 0 Å². The topological polar surface area (TPSA) is 71.2 Å². The molecule has 122 valence electrons. The molecule has 5 nitrogen and oxygen atoms in total. The molecule has 0 radical (unpaired) electrons. The fourth-order valence-electron chi connectivity index (χ4n) is 2.39. The van der Waals surface area contributed by atoms with Gasteiger partial charge in [-0.1, -0.05) is 24.3 Å². The maximum absolute atomic E-state index is 12.0. The Morgan fingerprint density at radius 1 is 1.12 bits per heavy atom. The van der Waals surface area contributed by atoms with Crippen LogP contribution >= 0.6 is 0 Å². The average molecular weight is 322 g/mol. The Morgan fingerprint density at radius 2 is 1.92 bits per heavy atom. The van der Waals surface area contributed by atoms with Crippen LogP contribution in [0.4, 0.5) is 5.69 Å². The van der Waals surface area contributed by atoms with Gasteiger partial charge in [0.15, 0.2) is 0 Å². The first-order valence-electron chi connectivity index (χ1n) is 7.73. The molecule has 0 spiro atoms. The van der Waals surface area contributed by atoms with Gasteiger partial charge in [0.25, 0.3) is 5.56 Å². The summed E-state index contributed by atoms with van der Waals surface area (Å²) in [6.07, 6.45) is 0.247. The summed E-state index contributed by atoms with van der Waals surface area (Å²) in [5, 5.41) is 3.74. The van der Waals surface area contributed by atoms with Crippen molar-refractivity contribution in [3.63, 3.8) is 0 Å². The number of para-hydroxylation sites is 1. The number of rotatable bonds is 5. The third kappa shape index (κ3) is 3.81. The molecule has 2 aromatic carbocycles. The number of pyridine rings is 1. The number of nitrogens with one attached hydrogen (secondary N) is 2. The molecular formula is C19H18N2O3. The van der Waals surface area contributed by atoms with Crippen LogP contribution in [-0.4, -0.2) is 17.5 Å². The van der Waals surface area contributed by atoms with E-state index in [1.165, 1.54) is 0 Å². The minimum atomic E-state index is -0.139. The lowest BCUT2D eigenvalue weighted by Crippen LogP contribution is -2.15. The second kappa shape index (κ2) is 7.00. The Hall–Kier alpha value is -3.08. The summed E-state index contributed by atoms with van der Waals surface area (Å²) in [6, 6.07) is 16.6. The first-order chi connectivity index (χ1) is 11.6. The summed E-state index contributed by atoms with van der Waals surface area (Å²) in [4.78, 5) is 26.5. The van der Waals surface area contributed by atoms with Crippen molar-refractivity contribution in [3.05, 3.63) is 70.5 Å². The number of anilines is 1. The van der Waals surface area contributed by atoms with Crippen molar-refractivity contribution < 1.29 is 9.53 Å². The highest BCUT2D eigenvalue weighted by Gasteiger charge is 2.05. The second-order valence-corrected chi connectivity index (χ2v) is 5.54. The zero-order chi connectivity index (χ0) is 16.9. The van der Waals surface area contributed by atoms with Gasteiger partial charge in [-0.2, -0.15) is 0 Å². The van der Waals surface area contributed by atoms with E-state index in [2.05, 4.69) is 10.3 Å². The van der Waals surface area contributed by atoms with Crippen LogP contribution in [0.5, 0.6) is 5.75 Å². The number of fused-ring (bicyclic) bond motifs is 1. The summed E-state index contributed by atoms with van der Waals surface area (Å²) in [5.74, 6) is 0.601. The smallest absolute Gasteiger partial charge is 0.251 e. The number of carbonyl (C=O) groups is 1. The van der Waals surface area contributed by atoms with E-state index in [0.717, 1.165) is 11.1 Å². The van der Waals surface area contributed by atoms with Crippen molar-refractivity contribution >= 4 is 22.5 Å². The first kappa shape index (κ1) is 15.8. The van der Waals surface area contributed by atoms with Gasteiger partial charge in [0, 0.05) is 11.3 Å². The Labute approximate surface area is 139 Å². The van der Waals surface area contributed by atoms with Crippen molar-refractivity contribution in [2.24, 2.45) is 0 Å². The summed E-state index contributed by atoms with van der Waals surface area (Å²) < 4.78 is 5.51. The van der Waals surface area contributed by atoms with Crippen LogP contribution < -0.4 is 15.6 Å². The van der Waals surface area contributed by atoms with Gasteiger partial charge in [0.05, 0.1) is 18.5 Å². The molecule has 3 rings (SSSR count). The van der Waals surface area contributed by atoms with Crippen LogP contribution in [0.2, 0.25) is 0 Å². The van der Waals surface area contributed by atoms with Crippen LogP contribution in [0.15, 0.2) is 59.4 Å². The lowest BCUT2D eigenvalue weighted by molar-refractivity contribution is -0.116. The fraction of sp³-hybridized carbons (Fsp3) is 0.158. The quantitative estimate of drug-likeness (QED) is 0.757. The van der Waals surface area contributed by atoms with E-state index in [0.29, 0.717) is 23.4 Å². The summed E-state index contributed by atoms with van der Waals surface area (Å²) in [6.45, 7) is 2.07. The van der Waals surface area contributed by atoms with Crippen molar-refractivity contribution in [1.29, 1.82) is 0 Å². The minimum Gasteiger partial charge on any atom is -0.493 e. The number of benzene rings is 2. The van der Waals surface area contributed by atoms with Crippen LogP contribution in [0.25, 0.3) is 10.9 Å². The predicted octanol–water partition coefficient (Wildman–Crippen LogP) is 3.24. The Bertz CT molecular complexity index is 917. The zero-order valence-corrected chi connectivity index (χ0v) is 13.3. The molecule has 5 heteroatoms. The number of hydrogen-bond acceptors (Lipinski definition) is 3. The van der Waals surface area contributed by atoms with Crippen LogP contribution in [-0.2, 0) is 4.79 Å². The van der Waals surface area contributed by atoms with E-state index < -0.39 is 0 Å². The maximum Gasteiger partial charge on any atom is 0.251 e. The van der Waals surface area contributed by atoms with Gasteiger partial charge in [0.1, 0.15) is 5.75 Å². The molecule has 0 aliphatic heterocycles. The molecule has 0 saturated carbocycles. The molecule has 0 bridgehead atoms. The SMILES string of the molecule is Cc1cc2ccc(NC(=O)CCOc3ccccc3)cc2[nH]c1=O. The number of ether oxygens (including phenoxy) is 1. The molecule has 0 saturated heterocycles. The highest BCUT2D eigenvalue weighted by Crippen LogP contribution is 2.17. The summed E-state index contributed by atoms with van der Waals surface area (Å²) in [7, 11) is 0. The summed E-state index contributed by atoms with van der Waals surface area (Å²) in [5.41, 5.74) is 1.88. The summed E-state index contributed by atoms with van der Waals surface area (Å²) >= 11 is 0. The van der Waals surface area contributed by atoms with Gasteiger partial charge in [0.2, 0.25) is 5.91 Å². The second-order valence-electron chi connectivity index (χ2n) is 5.54. The number of aromatic amines is 1. The molecule has 1 amide bonds. The predicted molar refractivity (Wildman–Crippen MR) is 94.5 cm³/mol. The number of hydrogen-bond donors (Lipinski definition) is 2. The highest BCUT2D eigenvalue weighted by atomic mass is 16.5. The molecule has 0 aliphatic rings. The third-order valence-corrected chi connectivity index (χ3v) is 3.66. The van der Waals surface area contributed by atoms with E-state index in [1.807, 2.05) is 48.5 Å². The van der Waals surface area contributed by atoms with Gasteiger partial charge in [-0.25, -0.2) is 0 Å². The number of H-pyrrole nitrogens is 1. The molecule has 0 fully saturated rings. The number of aromatic nitrogens is 1. The fourth-order valence-corrected chi connectivity index (χ4v) is 2.39. The van der Waals surface area contributed by atoms with Crippen LogP contribution in [0.1, 0.15) is 12.0 Å². The zero-order valence-electron chi connectivity index (χ0n) is 13.3. The number of amides is 1. The molecule has 1 heterocycles. The van der Waals surface area contributed by atoms with E-state index >= 15 is 0 Å². The van der Waals surface area contributed by atoms with E-state index in [9.17, 15) is 9.59 Å². The van der Waals surface area contributed by atoms with E-state index in [-0.39, 0.29) is 17.9 Å². The molecule has 2 N–H and O–H groups in total. The van der Waals surface area contributed by atoms with Gasteiger partial charge in [-0.05, 0) is 42.6 Å².